The van der Waals surface area contributed by atoms with Crippen molar-refractivity contribution in [1.29, 1.82) is 0 Å². The second kappa shape index (κ2) is 46.8. The smallest absolute Gasteiger partial charge is 0.362 e. The molecule has 8 nitrogen and oxygen atoms in total. The maximum absolute atomic E-state index is 12.8. The summed E-state index contributed by atoms with van der Waals surface area (Å²) in [4.78, 5) is 37.2. The van der Waals surface area contributed by atoms with Gasteiger partial charge in [-0.25, -0.2) is 4.79 Å². The summed E-state index contributed by atoms with van der Waals surface area (Å²) in [5.74, 6) is -1.47. The van der Waals surface area contributed by atoms with Gasteiger partial charge in [-0.3, -0.25) is 9.59 Å². The van der Waals surface area contributed by atoms with Gasteiger partial charge < -0.3 is 23.8 Å². The van der Waals surface area contributed by atoms with E-state index in [9.17, 15) is 19.5 Å². The molecule has 0 saturated heterocycles. The van der Waals surface area contributed by atoms with Crippen molar-refractivity contribution >= 4 is 17.9 Å². The molecule has 0 aromatic heterocycles. The number of carboxylic acids is 1. The predicted octanol–water partition coefficient (Wildman–Crippen LogP) is 15.5. The normalized spacial score (nSPS) is 13.2. The van der Waals surface area contributed by atoms with Crippen LogP contribution in [-0.2, 0) is 28.6 Å². The number of aliphatic carboxylic acids is 1. The van der Waals surface area contributed by atoms with Crippen molar-refractivity contribution in [2.45, 2.75) is 251 Å². The standard InChI is InChI=1S/C56H101NO7/c1-6-8-10-12-14-16-18-20-22-24-26-28-30-32-34-36-38-40-42-44-46-54(58)63-51-52(50-62-49-48-53(56(60)61)57(3,4)5)64-55(59)47-45-43-41-39-37-35-33-31-29-27-25-23-21-19-17-15-13-11-9-7-2/h9,11,15,17,21,23,26,28,52-53H,6-8,10,12-14,16,18-20,22,24-25,27,29-51H2,1-5H3/p+1/b11-9+,17-15+,23-21+,28-26+. The van der Waals surface area contributed by atoms with Gasteiger partial charge in [0.25, 0.3) is 0 Å². The van der Waals surface area contributed by atoms with Crippen LogP contribution in [0, 0.1) is 0 Å². The topological polar surface area (TPSA) is 99.1 Å². The molecule has 0 saturated carbocycles. The molecule has 0 aliphatic heterocycles. The number of quaternary nitrogens is 1. The van der Waals surface area contributed by atoms with E-state index < -0.39 is 18.1 Å². The van der Waals surface area contributed by atoms with E-state index in [0.717, 1.165) is 57.8 Å². The second-order valence-electron chi connectivity index (χ2n) is 19.1. The second-order valence-corrected chi connectivity index (χ2v) is 19.1. The highest BCUT2D eigenvalue weighted by molar-refractivity contribution is 5.72. The third kappa shape index (κ3) is 44.5. The first kappa shape index (κ1) is 61.3. The minimum Gasteiger partial charge on any atom is -0.477 e. The molecule has 0 aliphatic carbocycles. The Morgan fingerprint density at radius 3 is 1.31 bits per heavy atom. The quantitative estimate of drug-likeness (QED) is 0.0281. The Morgan fingerprint density at radius 1 is 0.484 bits per heavy atom. The van der Waals surface area contributed by atoms with Crippen LogP contribution in [0.2, 0.25) is 0 Å². The fraction of sp³-hybridized carbons (Fsp3) is 0.804. The molecule has 0 spiro atoms. The lowest BCUT2D eigenvalue weighted by molar-refractivity contribution is -0.887. The van der Waals surface area contributed by atoms with Crippen molar-refractivity contribution in [2.24, 2.45) is 0 Å². The Bertz CT molecular complexity index is 1190. The van der Waals surface area contributed by atoms with E-state index in [2.05, 4.69) is 62.5 Å². The minimum absolute atomic E-state index is 0.0539. The van der Waals surface area contributed by atoms with Crippen LogP contribution in [0.3, 0.4) is 0 Å². The molecule has 0 fully saturated rings. The number of hydrogen-bond acceptors (Lipinski definition) is 6. The number of carbonyl (C=O) groups excluding carboxylic acids is 2. The number of likely N-dealkylation sites (N-methyl/N-ethyl adjacent to an activating group) is 1. The van der Waals surface area contributed by atoms with Crippen molar-refractivity contribution in [3.05, 3.63) is 48.6 Å². The highest BCUT2D eigenvalue weighted by atomic mass is 16.6. The number of ether oxygens (including phenoxy) is 3. The van der Waals surface area contributed by atoms with Crippen molar-refractivity contribution in [1.82, 2.24) is 0 Å². The molecule has 1 N–H and O–H groups in total. The first-order chi connectivity index (χ1) is 31.1. The number of rotatable bonds is 48. The van der Waals surface area contributed by atoms with Gasteiger partial charge >= 0.3 is 17.9 Å². The number of carboxylic acid groups (broad SMARTS) is 1. The zero-order chi connectivity index (χ0) is 47.0. The largest absolute Gasteiger partial charge is 0.477 e. The Balaban J connectivity index is 4.22. The lowest BCUT2D eigenvalue weighted by Gasteiger charge is -2.31. The summed E-state index contributed by atoms with van der Waals surface area (Å²) in [6, 6.07) is -0.617. The van der Waals surface area contributed by atoms with Gasteiger partial charge in [-0.2, -0.15) is 0 Å². The third-order valence-electron chi connectivity index (χ3n) is 12.0. The average molecular weight is 901 g/mol. The molecule has 8 heteroatoms. The van der Waals surface area contributed by atoms with Crippen molar-refractivity contribution in [3.8, 4) is 0 Å². The van der Waals surface area contributed by atoms with Gasteiger partial charge in [0.15, 0.2) is 12.1 Å². The van der Waals surface area contributed by atoms with E-state index in [-0.39, 0.29) is 36.2 Å². The van der Waals surface area contributed by atoms with Crippen molar-refractivity contribution in [3.63, 3.8) is 0 Å². The number of allylic oxidation sites excluding steroid dienone is 8. The van der Waals surface area contributed by atoms with Crippen molar-refractivity contribution < 1.29 is 38.2 Å². The van der Waals surface area contributed by atoms with E-state index >= 15 is 0 Å². The summed E-state index contributed by atoms with van der Waals surface area (Å²) >= 11 is 0. The summed E-state index contributed by atoms with van der Waals surface area (Å²) in [5.41, 5.74) is 0. The van der Waals surface area contributed by atoms with Gasteiger partial charge in [-0.05, 0) is 70.6 Å². The van der Waals surface area contributed by atoms with Crippen LogP contribution in [0.25, 0.3) is 0 Å². The molecule has 0 amide bonds. The molecule has 0 radical (unpaired) electrons. The molecular formula is C56H102NO7+. The molecule has 64 heavy (non-hydrogen) atoms. The Kier molecular flexibility index (Phi) is 44.8. The minimum atomic E-state index is -0.875. The van der Waals surface area contributed by atoms with Crippen LogP contribution in [0.4, 0.5) is 0 Å². The van der Waals surface area contributed by atoms with Gasteiger partial charge in [-0.1, -0.05) is 197 Å². The molecule has 372 valence electrons. The van der Waals surface area contributed by atoms with Gasteiger partial charge in [0.05, 0.1) is 34.4 Å². The van der Waals surface area contributed by atoms with E-state index in [1.165, 1.54) is 148 Å². The van der Waals surface area contributed by atoms with Crippen LogP contribution in [0.5, 0.6) is 0 Å². The number of carbonyl (C=O) groups is 3. The lowest BCUT2D eigenvalue weighted by Crippen LogP contribution is -2.50. The zero-order valence-corrected chi connectivity index (χ0v) is 42.5. The Morgan fingerprint density at radius 2 is 0.875 bits per heavy atom. The van der Waals surface area contributed by atoms with E-state index in [1.807, 2.05) is 21.1 Å². The number of esters is 2. The summed E-state index contributed by atoms with van der Waals surface area (Å²) in [7, 11) is 5.54. The Labute approximate surface area is 395 Å². The molecular weight excluding hydrogens is 799 g/mol. The molecule has 0 bridgehead atoms. The first-order valence-corrected chi connectivity index (χ1v) is 26.7. The van der Waals surface area contributed by atoms with Crippen LogP contribution < -0.4 is 0 Å². The molecule has 0 heterocycles. The van der Waals surface area contributed by atoms with Crippen LogP contribution in [-0.4, -0.2) is 80.6 Å². The monoisotopic (exact) mass is 901 g/mol. The average Bonchev–Trinajstić information content (AvgIpc) is 3.26. The summed E-state index contributed by atoms with van der Waals surface area (Å²) < 4.78 is 17.4. The maximum atomic E-state index is 12.8. The molecule has 0 aliphatic rings. The molecule has 2 unspecified atom stereocenters. The lowest BCUT2D eigenvalue weighted by atomic mass is 10.0. The van der Waals surface area contributed by atoms with E-state index in [0.29, 0.717) is 19.3 Å². The maximum Gasteiger partial charge on any atom is 0.362 e. The van der Waals surface area contributed by atoms with Gasteiger partial charge in [0.1, 0.15) is 6.61 Å². The summed E-state index contributed by atoms with van der Waals surface area (Å²) in [6.45, 7) is 4.65. The zero-order valence-electron chi connectivity index (χ0n) is 42.5. The third-order valence-corrected chi connectivity index (χ3v) is 12.0. The highest BCUT2D eigenvalue weighted by Crippen LogP contribution is 2.16. The summed E-state index contributed by atoms with van der Waals surface area (Å²) in [6.07, 6.45) is 57.3. The van der Waals surface area contributed by atoms with Gasteiger partial charge in [0, 0.05) is 19.3 Å². The number of unbranched alkanes of at least 4 members (excludes halogenated alkanes) is 26. The van der Waals surface area contributed by atoms with Crippen LogP contribution >= 0.6 is 0 Å². The fourth-order valence-electron chi connectivity index (χ4n) is 7.87. The number of nitrogens with zero attached hydrogens (tertiary/aromatic N) is 1. The van der Waals surface area contributed by atoms with E-state index in [1.54, 1.807) is 0 Å². The fourth-order valence-corrected chi connectivity index (χ4v) is 7.87. The highest BCUT2D eigenvalue weighted by Gasteiger charge is 2.31. The van der Waals surface area contributed by atoms with Gasteiger partial charge in [-0.15, -0.1) is 0 Å². The van der Waals surface area contributed by atoms with Gasteiger partial charge in [0.2, 0.25) is 0 Å². The Hall–Kier alpha value is -2.71. The SMILES string of the molecule is CC/C=C/C/C=C/C/C=C/CCCCCCCCCCCCC(=O)OC(COCCC(C(=O)O)[N+](C)(C)C)COC(=O)CCCCCCCCC/C=C/CCCCCCCCCCC. The first-order valence-electron chi connectivity index (χ1n) is 26.7. The number of hydrogen-bond donors (Lipinski definition) is 1. The summed E-state index contributed by atoms with van der Waals surface area (Å²) in [5, 5.41) is 9.66. The predicted molar refractivity (Wildman–Crippen MR) is 271 cm³/mol. The van der Waals surface area contributed by atoms with Crippen molar-refractivity contribution in [2.75, 3.05) is 41.0 Å². The molecule has 0 aromatic rings. The van der Waals surface area contributed by atoms with Crippen LogP contribution in [0.1, 0.15) is 239 Å². The molecule has 2 atom stereocenters. The van der Waals surface area contributed by atoms with Crippen LogP contribution in [0.15, 0.2) is 48.6 Å². The van der Waals surface area contributed by atoms with E-state index in [4.69, 9.17) is 14.2 Å². The molecule has 0 rings (SSSR count). The molecule has 0 aromatic carbocycles.